The molecule has 5 amide bonds. The average Bonchev–Trinajstić information content (AvgIpc) is 4.13. The van der Waals surface area contributed by atoms with E-state index in [1.54, 1.807) is 34.2 Å². The lowest BCUT2D eigenvalue weighted by Crippen LogP contribution is -2.46. The van der Waals surface area contributed by atoms with Gasteiger partial charge in [0.1, 0.15) is 11.6 Å². The number of pyridine rings is 2. The van der Waals surface area contributed by atoms with E-state index in [4.69, 9.17) is 16.6 Å². The number of piperidine rings is 2. The Kier molecular flexibility index (Phi) is 17.4. The van der Waals surface area contributed by atoms with Gasteiger partial charge in [0.15, 0.2) is 0 Å². The molecule has 6 aromatic rings. The van der Waals surface area contributed by atoms with Crippen molar-refractivity contribution in [2.45, 2.75) is 66.5 Å². The number of carboxylic acids is 1. The Balaban J connectivity index is 0.000000231. The molecule has 0 unspecified atom stereocenters. The second kappa shape index (κ2) is 22.8. The van der Waals surface area contributed by atoms with Crippen molar-refractivity contribution in [2.24, 2.45) is 23.3 Å². The number of aliphatic carboxylic acids is 1. The molecule has 0 radical (unpaired) electrons. The summed E-state index contributed by atoms with van der Waals surface area (Å²) in [4.78, 5) is 77.7. The number of carbonyl (C=O) groups excluding carboxylic acids is 5. The van der Waals surface area contributed by atoms with E-state index < -0.39 is 35.5 Å². The van der Waals surface area contributed by atoms with E-state index in [1.807, 2.05) is 35.3 Å². The number of hydrogen-bond donors (Lipinski definition) is 8. The molecule has 0 aromatic carbocycles. The monoisotopic (exact) mass is 894 g/mol. The molecule has 6 aromatic heterocycles. The molecule has 10 N–H and O–H groups in total. The van der Waals surface area contributed by atoms with Crippen molar-refractivity contribution in [3.05, 3.63) is 108 Å². The topological polar surface area (TPSA) is 333 Å². The first-order valence-corrected chi connectivity index (χ1v) is 19.8. The number of rotatable bonds is 8. The van der Waals surface area contributed by atoms with E-state index in [2.05, 4.69) is 64.2 Å². The molecule has 0 saturated carbocycles. The molecule has 65 heavy (non-hydrogen) atoms. The molecular formula is C42H54N16O7. The number of likely N-dealkylation sites (tertiary alicyclic amines) is 1. The van der Waals surface area contributed by atoms with E-state index in [0.717, 1.165) is 30.4 Å². The molecule has 8 rings (SSSR count). The first-order valence-electron chi connectivity index (χ1n) is 19.8. The van der Waals surface area contributed by atoms with Gasteiger partial charge in [-0.2, -0.15) is 20.4 Å². The third-order valence-corrected chi connectivity index (χ3v) is 10.1. The van der Waals surface area contributed by atoms with E-state index in [-0.39, 0.29) is 49.3 Å². The van der Waals surface area contributed by atoms with Crippen LogP contribution >= 0.6 is 0 Å². The van der Waals surface area contributed by atoms with Crippen LogP contribution in [0.15, 0.2) is 86.0 Å². The predicted molar refractivity (Wildman–Crippen MR) is 237 cm³/mol. The molecule has 344 valence electrons. The van der Waals surface area contributed by atoms with Crippen LogP contribution in [0.5, 0.6) is 0 Å². The Labute approximate surface area is 373 Å². The van der Waals surface area contributed by atoms with Crippen molar-refractivity contribution in [3.8, 4) is 11.6 Å². The average molecular weight is 895 g/mol. The summed E-state index contributed by atoms with van der Waals surface area (Å²) in [6.07, 6.45) is 16.2. The van der Waals surface area contributed by atoms with Crippen molar-refractivity contribution in [2.75, 3.05) is 23.7 Å². The number of anilines is 2. The number of nitrogens with two attached hydrogens (primary N) is 2. The maximum absolute atomic E-state index is 13.0. The zero-order chi connectivity index (χ0) is 45.0. The molecule has 0 aliphatic carbocycles. The molecule has 0 bridgehead atoms. The second-order valence-electron chi connectivity index (χ2n) is 14.9. The van der Waals surface area contributed by atoms with Gasteiger partial charge < -0.3 is 37.4 Å². The summed E-state index contributed by atoms with van der Waals surface area (Å²) in [7, 11) is 0. The van der Waals surface area contributed by atoms with Crippen molar-refractivity contribution in [1.29, 1.82) is 0 Å². The Morgan fingerprint density at radius 2 is 1.22 bits per heavy atom. The van der Waals surface area contributed by atoms with Gasteiger partial charge in [-0.25, -0.2) is 14.2 Å². The first kappa shape index (κ1) is 49.6. The minimum absolute atomic E-state index is 0. The number of primary amides is 2. The number of aromatic nitrogens is 10. The van der Waals surface area contributed by atoms with Crippen LogP contribution < -0.4 is 27.4 Å². The SMILES string of the molecule is C.C.C[C@@H]1CC[C@@H](c2ccn(-c3ccn[nH]3)n2)N(C(=O)C(=O)Nc2cncc(C(N)=O)c2)C1.C[C@H]1CC[C@H](c2ccn(-c3ccn[nH]3)n2)NC1.NC(=O)c1cncc(NC(=O)C(=O)O)c1. The summed E-state index contributed by atoms with van der Waals surface area (Å²) in [6, 6.07) is 10.3. The highest BCUT2D eigenvalue weighted by molar-refractivity contribution is 6.39. The van der Waals surface area contributed by atoms with Crippen molar-refractivity contribution >= 4 is 46.9 Å². The summed E-state index contributed by atoms with van der Waals surface area (Å²) in [5, 5.41) is 39.1. The Morgan fingerprint density at radius 1 is 0.692 bits per heavy atom. The predicted octanol–water partition coefficient (Wildman–Crippen LogP) is 3.16. The van der Waals surface area contributed by atoms with Crippen molar-refractivity contribution in [1.82, 2.24) is 60.1 Å². The number of nitrogens with zero attached hydrogens (tertiary/aromatic N) is 9. The number of hydrogen-bond acceptors (Lipinski definition) is 13. The Morgan fingerprint density at radius 3 is 1.71 bits per heavy atom. The van der Waals surface area contributed by atoms with Crippen LogP contribution in [0.2, 0.25) is 0 Å². The molecular weight excluding hydrogens is 841 g/mol. The molecule has 2 aliphatic rings. The maximum atomic E-state index is 13.0. The fourth-order valence-corrected chi connectivity index (χ4v) is 6.78. The van der Waals surface area contributed by atoms with Crippen LogP contribution in [0.25, 0.3) is 11.6 Å². The fourth-order valence-electron chi connectivity index (χ4n) is 6.78. The van der Waals surface area contributed by atoms with E-state index in [0.29, 0.717) is 30.5 Å². The van der Waals surface area contributed by atoms with Gasteiger partial charge >= 0.3 is 23.7 Å². The van der Waals surface area contributed by atoms with Gasteiger partial charge in [0.05, 0.1) is 70.8 Å². The van der Waals surface area contributed by atoms with E-state index in [9.17, 15) is 28.8 Å². The molecule has 23 heteroatoms. The maximum Gasteiger partial charge on any atom is 0.394 e. The number of carbonyl (C=O) groups is 6. The van der Waals surface area contributed by atoms with Crippen LogP contribution in [0.1, 0.15) is 98.6 Å². The second-order valence-corrected chi connectivity index (χ2v) is 14.9. The normalized spacial score (nSPS) is 17.5. The van der Waals surface area contributed by atoms with Gasteiger partial charge in [0.2, 0.25) is 11.8 Å². The van der Waals surface area contributed by atoms with Gasteiger partial charge in [-0.3, -0.25) is 44.1 Å². The zero-order valence-electron chi connectivity index (χ0n) is 34.2. The molecule has 2 saturated heterocycles. The lowest BCUT2D eigenvalue weighted by molar-refractivity contribution is -0.147. The van der Waals surface area contributed by atoms with Gasteiger partial charge in [-0.1, -0.05) is 28.7 Å². The third kappa shape index (κ3) is 13.2. The van der Waals surface area contributed by atoms with Gasteiger partial charge in [-0.05, 0) is 68.3 Å². The highest BCUT2D eigenvalue weighted by Gasteiger charge is 2.35. The minimum atomic E-state index is -1.63. The highest BCUT2D eigenvalue weighted by atomic mass is 16.4. The van der Waals surface area contributed by atoms with Crippen molar-refractivity contribution < 1.29 is 33.9 Å². The van der Waals surface area contributed by atoms with Gasteiger partial charge in [-0.15, -0.1) is 0 Å². The number of H-pyrrole nitrogens is 2. The highest BCUT2D eigenvalue weighted by Crippen LogP contribution is 2.33. The summed E-state index contributed by atoms with van der Waals surface area (Å²) >= 11 is 0. The Bertz CT molecular complexity index is 2530. The molecule has 8 heterocycles. The van der Waals surface area contributed by atoms with Crippen LogP contribution in [0, 0.1) is 11.8 Å². The van der Waals surface area contributed by atoms with E-state index in [1.165, 1.54) is 49.8 Å². The van der Waals surface area contributed by atoms with Crippen LogP contribution in [-0.2, 0) is 19.2 Å². The molecule has 2 fully saturated rings. The summed E-state index contributed by atoms with van der Waals surface area (Å²) in [6.45, 7) is 5.85. The summed E-state index contributed by atoms with van der Waals surface area (Å²) < 4.78 is 3.48. The van der Waals surface area contributed by atoms with Gasteiger partial charge in [0.25, 0.3) is 0 Å². The largest absolute Gasteiger partial charge is 0.474 e. The minimum Gasteiger partial charge on any atom is -0.474 e. The van der Waals surface area contributed by atoms with E-state index >= 15 is 0 Å². The molecule has 23 nitrogen and oxygen atoms in total. The smallest absolute Gasteiger partial charge is 0.394 e. The third-order valence-electron chi connectivity index (χ3n) is 10.1. The molecule has 4 atom stereocenters. The first-order chi connectivity index (χ1) is 30.2. The lowest BCUT2D eigenvalue weighted by atomic mass is 9.92. The quantitative estimate of drug-likeness (QED) is 0.102. The molecule has 0 spiro atoms. The van der Waals surface area contributed by atoms with Crippen molar-refractivity contribution in [3.63, 3.8) is 0 Å². The standard InChI is InChI=1S/C20H22N8O3.C12H17N5.C8H7N3O4.2CH4/c1-12-2-3-16(15-5-7-28(26-15)17-4-6-23-25-17)27(11-12)20(31)19(30)24-14-8-13(18(21)29)9-22-10-14;1-9-2-3-10(13-8-9)11-5-7-17(16-11)12-4-6-14-15-12;9-6(12)4-1-5(3-10-2-4)11-7(13)8(14)15;;/h4-10,12,16H,2-3,11H2,1H3,(H2,21,29)(H,23,25)(H,24,30);4-7,9-10,13H,2-3,8H2,1H3,(H,14,15);1-3H,(H2,9,12)(H,11,13)(H,14,15);2*1H4/t12-,16+;9-,10+;;;/m10.../s1. The summed E-state index contributed by atoms with van der Waals surface area (Å²) in [5.74, 6) is -3.07. The number of nitrogens with one attached hydrogen (secondary N) is 5. The Hall–Kier alpha value is -8.08. The van der Waals surface area contributed by atoms with Gasteiger partial charge in [0, 0.05) is 43.5 Å². The summed E-state index contributed by atoms with van der Waals surface area (Å²) in [5.41, 5.74) is 12.6. The fraction of sp³-hybridized carbons (Fsp3) is 0.333. The lowest BCUT2D eigenvalue weighted by Gasteiger charge is -2.37. The van der Waals surface area contributed by atoms with Crippen LogP contribution in [0.3, 0.4) is 0 Å². The number of carboxylic acid groups (broad SMARTS) is 1. The van der Waals surface area contributed by atoms with Crippen LogP contribution in [0.4, 0.5) is 11.4 Å². The number of aromatic amines is 2. The molecule has 2 aliphatic heterocycles. The number of amides is 5. The zero-order valence-corrected chi connectivity index (χ0v) is 34.2. The van der Waals surface area contributed by atoms with Crippen LogP contribution in [-0.4, -0.2) is 109 Å².